The molecule has 3 N–H and O–H groups in total. The van der Waals surface area contributed by atoms with E-state index in [9.17, 15) is 4.79 Å². The molecule has 1 saturated heterocycles. The van der Waals surface area contributed by atoms with Crippen LogP contribution in [-0.2, 0) is 9.53 Å². The summed E-state index contributed by atoms with van der Waals surface area (Å²) in [6, 6.07) is 7.77. The highest BCUT2D eigenvalue weighted by Gasteiger charge is 2.20. The van der Waals surface area contributed by atoms with E-state index in [1.165, 1.54) is 0 Å². The number of rotatable bonds is 8. The fourth-order valence-corrected chi connectivity index (χ4v) is 2.84. The first-order valence-corrected chi connectivity index (χ1v) is 9.37. The average Bonchev–Trinajstić information content (AvgIpc) is 2.66. The molecule has 0 aromatic heterocycles. The molecule has 0 atom stereocenters. The zero-order valence-electron chi connectivity index (χ0n) is 15.7. The molecule has 1 fully saturated rings. The molecule has 1 amide bonds. The fraction of sp³-hybridized carbons (Fsp3) is 0.556. The predicted molar refractivity (Wildman–Crippen MR) is 121 cm³/mol. The highest BCUT2D eigenvalue weighted by molar-refractivity contribution is 14.0. The van der Waals surface area contributed by atoms with E-state index >= 15 is 0 Å². The van der Waals surface area contributed by atoms with Crippen molar-refractivity contribution in [3.05, 3.63) is 29.3 Å². The largest absolute Gasteiger partial charge is 0.382 e. The van der Waals surface area contributed by atoms with Crippen LogP contribution in [0.4, 0.5) is 5.69 Å². The van der Waals surface area contributed by atoms with Crippen molar-refractivity contribution >= 4 is 53.1 Å². The first-order chi connectivity index (χ1) is 12.6. The monoisotopic (exact) mass is 509 g/mol. The van der Waals surface area contributed by atoms with E-state index in [0.29, 0.717) is 38.8 Å². The second kappa shape index (κ2) is 13.0. The van der Waals surface area contributed by atoms with Gasteiger partial charge in [-0.1, -0.05) is 11.6 Å². The number of piperazine rings is 1. The number of nitrogens with zero attached hydrogens (tertiary/aromatic N) is 3. The molecule has 1 aromatic carbocycles. The van der Waals surface area contributed by atoms with Gasteiger partial charge in [0.25, 0.3) is 0 Å². The number of hydrogen-bond acceptors (Lipinski definition) is 4. The van der Waals surface area contributed by atoms with Crippen LogP contribution in [0.25, 0.3) is 0 Å². The van der Waals surface area contributed by atoms with Gasteiger partial charge in [-0.05, 0) is 37.6 Å². The number of amides is 1. The van der Waals surface area contributed by atoms with Crippen molar-refractivity contribution in [3.8, 4) is 0 Å². The van der Waals surface area contributed by atoms with Crippen molar-refractivity contribution in [1.29, 1.82) is 0 Å². The third kappa shape index (κ3) is 8.52. The van der Waals surface area contributed by atoms with Gasteiger partial charge in [-0.2, -0.15) is 0 Å². The molecule has 0 saturated carbocycles. The minimum absolute atomic E-state index is 0. The molecule has 27 heavy (non-hydrogen) atoms. The number of nitrogens with two attached hydrogens (primary N) is 1. The SMILES string of the molecule is CCOCCCNC(N)=NCC(=O)N1CCN(c2ccc(Cl)cc2)CC1.I. The Morgan fingerprint density at radius 1 is 1.26 bits per heavy atom. The minimum atomic E-state index is -0.000164. The molecular formula is C18H29ClIN5O2. The van der Waals surface area contributed by atoms with E-state index in [2.05, 4.69) is 15.2 Å². The number of carbonyl (C=O) groups excluding carboxylic acids is 1. The third-order valence-electron chi connectivity index (χ3n) is 4.18. The van der Waals surface area contributed by atoms with Crippen LogP contribution in [0.2, 0.25) is 5.02 Å². The maximum absolute atomic E-state index is 12.3. The predicted octanol–water partition coefficient (Wildman–Crippen LogP) is 1.94. The van der Waals surface area contributed by atoms with Crippen LogP contribution < -0.4 is 16.0 Å². The molecule has 1 heterocycles. The number of ether oxygens (including phenoxy) is 1. The number of nitrogens with one attached hydrogen (secondary N) is 1. The quantitative estimate of drug-likeness (QED) is 0.242. The molecule has 2 rings (SSSR count). The molecular weight excluding hydrogens is 481 g/mol. The zero-order valence-corrected chi connectivity index (χ0v) is 18.8. The van der Waals surface area contributed by atoms with Crippen molar-refractivity contribution in [2.75, 3.05) is 57.4 Å². The second-order valence-corrected chi connectivity index (χ2v) is 6.46. The molecule has 0 spiro atoms. The van der Waals surface area contributed by atoms with Crippen LogP contribution in [0.5, 0.6) is 0 Å². The van der Waals surface area contributed by atoms with Gasteiger partial charge in [-0.15, -0.1) is 24.0 Å². The summed E-state index contributed by atoms with van der Waals surface area (Å²) in [7, 11) is 0. The lowest BCUT2D eigenvalue weighted by atomic mass is 10.2. The Balaban J connectivity index is 0.00000364. The number of benzene rings is 1. The summed E-state index contributed by atoms with van der Waals surface area (Å²) in [5.74, 6) is 0.300. The lowest BCUT2D eigenvalue weighted by Gasteiger charge is -2.36. The lowest BCUT2D eigenvalue weighted by Crippen LogP contribution is -2.49. The molecule has 9 heteroatoms. The van der Waals surface area contributed by atoms with Gasteiger partial charge >= 0.3 is 0 Å². The molecule has 152 valence electrons. The Hall–Kier alpha value is -1.26. The van der Waals surface area contributed by atoms with Crippen LogP contribution in [0.15, 0.2) is 29.3 Å². The standard InChI is InChI=1S/C18H28ClN5O2.HI/c1-2-26-13-3-8-21-18(20)22-14-17(25)24-11-9-23(10-12-24)16-6-4-15(19)5-7-16;/h4-7H,2-3,8-14H2,1H3,(H3,20,21,22);1H. The number of guanidine groups is 1. The Morgan fingerprint density at radius 2 is 1.93 bits per heavy atom. The van der Waals surface area contributed by atoms with Crippen molar-refractivity contribution in [2.45, 2.75) is 13.3 Å². The van der Waals surface area contributed by atoms with E-state index in [0.717, 1.165) is 30.2 Å². The van der Waals surface area contributed by atoms with Gasteiger partial charge in [0.05, 0.1) is 0 Å². The summed E-state index contributed by atoms with van der Waals surface area (Å²) in [4.78, 5) is 20.5. The summed E-state index contributed by atoms with van der Waals surface area (Å²) in [6.07, 6.45) is 0.852. The molecule has 1 aliphatic rings. The fourth-order valence-electron chi connectivity index (χ4n) is 2.71. The normalized spacial score (nSPS) is 14.7. The van der Waals surface area contributed by atoms with Gasteiger partial charge in [0.15, 0.2) is 5.96 Å². The highest BCUT2D eigenvalue weighted by atomic mass is 127. The molecule has 7 nitrogen and oxygen atoms in total. The van der Waals surface area contributed by atoms with Gasteiger partial charge in [-0.25, -0.2) is 4.99 Å². The van der Waals surface area contributed by atoms with Crippen LogP contribution in [0.3, 0.4) is 0 Å². The van der Waals surface area contributed by atoms with E-state index in [-0.39, 0.29) is 36.4 Å². The molecule has 0 radical (unpaired) electrons. The molecule has 0 bridgehead atoms. The van der Waals surface area contributed by atoms with Gasteiger partial charge < -0.3 is 25.6 Å². The van der Waals surface area contributed by atoms with E-state index in [1.807, 2.05) is 36.1 Å². The van der Waals surface area contributed by atoms with Crippen LogP contribution >= 0.6 is 35.6 Å². The summed E-state index contributed by atoms with van der Waals surface area (Å²) >= 11 is 5.92. The number of halogens is 2. The van der Waals surface area contributed by atoms with Crippen LogP contribution in [-0.4, -0.2) is 69.2 Å². The first-order valence-electron chi connectivity index (χ1n) is 9.00. The Kier molecular flexibility index (Phi) is 11.5. The summed E-state index contributed by atoms with van der Waals surface area (Å²) in [5, 5.41) is 3.72. The van der Waals surface area contributed by atoms with Crippen LogP contribution in [0.1, 0.15) is 13.3 Å². The minimum Gasteiger partial charge on any atom is -0.382 e. The number of anilines is 1. The van der Waals surface area contributed by atoms with Gasteiger partial charge in [0, 0.05) is 56.6 Å². The van der Waals surface area contributed by atoms with Crippen molar-refractivity contribution in [3.63, 3.8) is 0 Å². The van der Waals surface area contributed by atoms with Crippen molar-refractivity contribution in [1.82, 2.24) is 10.2 Å². The third-order valence-corrected chi connectivity index (χ3v) is 4.44. The van der Waals surface area contributed by atoms with Gasteiger partial charge in [0.2, 0.25) is 5.91 Å². The van der Waals surface area contributed by atoms with E-state index in [1.54, 1.807) is 0 Å². The van der Waals surface area contributed by atoms with E-state index in [4.69, 9.17) is 22.1 Å². The Bertz CT molecular complexity index is 592. The van der Waals surface area contributed by atoms with Gasteiger partial charge in [-0.3, -0.25) is 4.79 Å². The molecule has 0 aliphatic carbocycles. The summed E-state index contributed by atoms with van der Waals surface area (Å²) in [6.45, 7) is 7.07. The van der Waals surface area contributed by atoms with Crippen molar-refractivity contribution in [2.24, 2.45) is 10.7 Å². The van der Waals surface area contributed by atoms with E-state index < -0.39 is 0 Å². The second-order valence-electron chi connectivity index (χ2n) is 6.02. The first kappa shape index (κ1) is 23.8. The maximum Gasteiger partial charge on any atom is 0.244 e. The van der Waals surface area contributed by atoms with Crippen molar-refractivity contribution < 1.29 is 9.53 Å². The average molecular weight is 510 g/mol. The Morgan fingerprint density at radius 3 is 2.56 bits per heavy atom. The smallest absolute Gasteiger partial charge is 0.244 e. The summed E-state index contributed by atoms with van der Waals surface area (Å²) < 4.78 is 5.25. The zero-order chi connectivity index (χ0) is 18.8. The maximum atomic E-state index is 12.3. The molecule has 1 aliphatic heterocycles. The number of hydrogen-bond donors (Lipinski definition) is 2. The Labute approximate surface area is 183 Å². The number of aliphatic imine (C=N–C) groups is 1. The number of carbonyl (C=O) groups is 1. The van der Waals surface area contributed by atoms with Crippen LogP contribution in [0, 0.1) is 0 Å². The molecule has 0 unspecified atom stereocenters. The molecule has 1 aromatic rings. The van der Waals surface area contributed by atoms with Gasteiger partial charge in [0.1, 0.15) is 6.54 Å². The lowest BCUT2D eigenvalue weighted by molar-refractivity contribution is -0.129. The highest BCUT2D eigenvalue weighted by Crippen LogP contribution is 2.19. The topological polar surface area (TPSA) is 83.2 Å². The summed E-state index contributed by atoms with van der Waals surface area (Å²) in [5.41, 5.74) is 6.91.